The molecule has 6 rings (SSSR count). The van der Waals surface area contributed by atoms with Gasteiger partial charge in [-0.15, -0.1) is 0 Å². The summed E-state index contributed by atoms with van der Waals surface area (Å²) in [6.45, 7) is 2.44. The Morgan fingerprint density at radius 3 is 2.40 bits per heavy atom. The SMILES string of the molecule is COC(=O)c1ccc2c(c1)CC[C@@H]1[C@@H]2CC[C@]2(C)[C@@H](C(=O)N(C(=S)NC3CCCCC3)C3CCCCC3)CC[C@@H]12. The molecule has 5 nitrogen and oxygen atoms in total. The van der Waals surface area contributed by atoms with Crippen LogP contribution in [0.25, 0.3) is 0 Å². The highest BCUT2D eigenvalue weighted by molar-refractivity contribution is 7.80. The van der Waals surface area contributed by atoms with Crippen LogP contribution >= 0.6 is 12.2 Å². The summed E-state index contributed by atoms with van der Waals surface area (Å²) in [4.78, 5) is 28.9. The number of amides is 1. The van der Waals surface area contributed by atoms with E-state index < -0.39 is 0 Å². The molecule has 1 aromatic carbocycles. The molecule has 0 unspecified atom stereocenters. The Morgan fingerprint density at radius 1 is 0.950 bits per heavy atom. The first-order chi connectivity index (χ1) is 19.4. The van der Waals surface area contributed by atoms with Crippen molar-refractivity contribution < 1.29 is 14.3 Å². The van der Waals surface area contributed by atoms with Crippen molar-refractivity contribution >= 4 is 29.2 Å². The van der Waals surface area contributed by atoms with Crippen LogP contribution in [0.3, 0.4) is 0 Å². The van der Waals surface area contributed by atoms with Crippen LogP contribution in [0.15, 0.2) is 18.2 Å². The minimum absolute atomic E-state index is 0.0368. The quantitative estimate of drug-likeness (QED) is 0.307. The lowest BCUT2D eigenvalue weighted by molar-refractivity contribution is -0.139. The van der Waals surface area contributed by atoms with Crippen molar-refractivity contribution in [2.45, 2.75) is 128 Å². The third-order valence-corrected chi connectivity index (χ3v) is 12.1. The standard InChI is InChI=1S/C34H48N2O3S/c1-34-20-19-27-26-15-14-23(32(38)39-2)21-22(26)13-16-28(27)29(34)17-18-30(34)31(37)36(25-11-7-4-8-12-25)33(40)35-24-9-5-3-6-10-24/h14-15,21,24-25,27-30H,3-13,16-20H2,1-2H3,(H,35,40)/t27-,28-,29+,30-,34+/m1/s1. The largest absolute Gasteiger partial charge is 0.465 e. The van der Waals surface area contributed by atoms with E-state index in [-0.39, 0.29) is 23.3 Å². The van der Waals surface area contributed by atoms with E-state index in [9.17, 15) is 9.59 Å². The lowest BCUT2D eigenvalue weighted by atomic mass is 9.54. The molecule has 1 N–H and O–H groups in total. The molecule has 5 atom stereocenters. The number of nitrogens with one attached hydrogen (secondary N) is 1. The molecule has 1 aromatic rings. The molecule has 40 heavy (non-hydrogen) atoms. The van der Waals surface area contributed by atoms with E-state index in [0.717, 1.165) is 56.5 Å². The number of esters is 1. The van der Waals surface area contributed by atoms with Crippen molar-refractivity contribution in [3.8, 4) is 0 Å². The van der Waals surface area contributed by atoms with Crippen LogP contribution in [-0.2, 0) is 16.0 Å². The summed E-state index contributed by atoms with van der Waals surface area (Å²) in [6, 6.07) is 6.89. The van der Waals surface area contributed by atoms with Crippen molar-refractivity contribution in [2.24, 2.45) is 23.2 Å². The zero-order valence-corrected chi connectivity index (χ0v) is 25.4. The van der Waals surface area contributed by atoms with Crippen molar-refractivity contribution in [3.05, 3.63) is 34.9 Å². The van der Waals surface area contributed by atoms with Gasteiger partial charge in [0.15, 0.2) is 5.11 Å². The lowest BCUT2D eigenvalue weighted by Gasteiger charge is -2.51. The van der Waals surface area contributed by atoms with Gasteiger partial charge in [-0.25, -0.2) is 4.79 Å². The number of thiocarbonyl (C=S) groups is 1. The topological polar surface area (TPSA) is 58.6 Å². The Balaban J connectivity index is 1.22. The smallest absolute Gasteiger partial charge is 0.337 e. The summed E-state index contributed by atoms with van der Waals surface area (Å²) in [5, 5.41) is 4.40. The molecule has 0 aromatic heterocycles. The molecule has 5 aliphatic carbocycles. The van der Waals surface area contributed by atoms with E-state index in [4.69, 9.17) is 17.0 Å². The molecule has 0 aliphatic heterocycles. The monoisotopic (exact) mass is 564 g/mol. The third kappa shape index (κ3) is 5.12. The molecule has 0 saturated heterocycles. The molecule has 0 radical (unpaired) electrons. The number of aryl methyl sites for hydroxylation is 1. The van der Waals surface area contributed by atoms with Gasteiger partial charge in [0.1, 0.15) is 0 Å². The molecular formula is C34H48N2O3S. The van der Waals surface area contributed by atoms with Crippen LogP contribution in [0.2, 0.25) is 0 Å². The Morgan fingerprint density at radius 2 is 1.68 bits per heavy atom. The van der Waals surface area contributed by atoms with Gasteiger partial charge in [-0.3, -0.25) is 9.69 Å². The van der Waals surface area contributed by atoms with Crippen LogP contribution < -0.4 is 5.32 Å². The summed E-state index contributed by atoms with van der Waals surface area (Å²) in [6.07, 6.45) is 18.5. The van der Waals surface area contributed by atoms with Gasteiger partial charge in [-0.2, -0.15) is 0 Å². The van der Waals surface area contributed by atoms with E-state index in [0.29, 0.717) is 35.3 Å². The minimum Gasteiger partial charge on any atom is -0.465 e. The number of carbonyl (C=O) groups is 2. The Labute approximate surface area is 246 Å². The second-order valence-corrected chi connectivity index (χ2v) is 14.2. The average molecular weight is 565 g/mol. The Kier molecular flexibility index (Phi) is 8.27. The molecule has 4 fully saturated rings. The second-order valence-electron chi connectivity index (χ2n) is 13.8. The predicted octanol–water partition coefficient (Wildman–Crippen LogP) is 7.31. The van der Waals surface area contributed by atoms with E-state index in [1.807, 2.05) is 6.07 Å². The summed E-state index contributed by atoms with van der Waals surface area (Å²) < 4.78 is 4.97. The summed E-state index contributed by atoms with van der Waals surface area (Å²) in [7, 11) is 1.45. The fourth-order valence-corrected chi connectivity index (χ4v) is 10.1. The first kappa shape index (κ1) is 28.2. The number of nitrogens with zero attached hydrogens (tertiary/aromatic N) is 1. The number of hydrogen-bond donors (Lipinski definition) is 1. The van der Waals surface area contributed by atoms with Crippen LogP contribution in [0.1, 0.15) is 131 Å². The zero-order chi connectivity index (χ0) is 27.9. The molecule has 0 heterocycles. The minimum atomic E-state index is -0.253. The first-order valence-electron chi connectivity index (χ1n) is 16.3. The van der Waals surface area contributed by atoms with Gasteiger partial charge in [0.25, 0.3) is 0 Å². The van der Waals surface area contributed by atoms with Crippen molar-refractivity contribution in [1.29, 1.82) is 0 Å². The maximum absolute atomic E-state index is 14.6. The van der Waals surface area contributed by atoms with Gasteiger partial charge in [0.2, 0.25) is 5.91 Å². The van der Waals surface area contributed by atoms with Gasteiger partial charge in [0, 0.05) is 18.0 Å². The van der Waals surface area contributed by atoms with E-state index in [1.165, 1.54) is 69.6 Å². The van der Waals surface area contributed by atoms with Crippen molar-refractivity contribution in [3.63, 3.8) is 0 Å². The second kappa shape index (κ2) is 11.7. The fraction of sp³-hybridized carbons (Fsp3) is 0.735. The normalized spacial score (nSPS) is 32.4. The van der Waals surface area contributed by atoms with Gasteiger partial charge < -0.3 is 10.1 Å². The number of hydrogen-bond acceptors (Lipinski definition) is 4. The first-order valence-corrected chi connectivity index (χ1v) is 16.7. The highest BCUT2D eigenvalue weighted by atomic mass is 32.1. The summed E-state index contributed by atoms with van der Waals surface area (Å²) in [5.41, 5.74) is 3.45. The van der Waals surface area contributed by atoms with E-state index in [2.05, 4.69) is 29.3 Å². The van der Waals surface area contributed by atoms with Crippen molar-refractivity contribution in [1.82, 2.24) is 10.2 Å². The molecule has 0 bridgehead atoms. The van der Waals surface area contributed by atoms with Crippen LogP contribution in [-0.4, -0.2) is 41.1 Å². The number of carbonyl (C=O) groups excluding carboxylic acids is 2. The number of methoxy groups -OCH3 is 1. The lowest BCUT2D eigenvalue weighted by Crippen LogP contribution is -2.56. The Bertz CT molecular complexity index is 1120. The van der Waals surface area contributed by atoms with Crippen molar-refractivity contribution in [2.75, 3.05) is 7.11 Å². The van der Waals surface area contributed by atoms with Gasteiger partial charge in [-0.1, -0.05) is 51.5 Å². The molecule has 5 aliphatic rings. The van der Waals surface area contributed by atoms with Crippen LogP contribution in [0.4, 0.5) is 0 Å². The van der Waals surface area contributed by atoms with Gasteiger partial charge >= 0.3 is 5.97 Å². The van der Waals surface area contributed by atoms with E-state index >= 15 is 0 Å². The average Bonchev–Trinajstić information content (AvgIpc) is 3.34. The molecule has 4 saturated carbocycles. The Hall–Kier alpha value is -1.95. The summed E-state index contributed by atoms with van der Waals surface area (Å²) >= 11 is 6.07. The molecular weight excluding hydrogens is 516 g/mol. The molecule has 218 valence electrons. The maximum atomic E-state index is 14.6. The number of benzene rings is 1. The summed E-state index contributed by atoms with van der Waals surface area (Å²) in [5.74, 6) is 1.85. The fourth-order valence-electron chi connectivity index (χ4n) is 9.68. The van der Waals surface area contributed by atoms with Gasteiger partial charge in [0.05, 0.1) is 12.7 Å². The third-order valence-electron chi connectivity index (χ3n) is 11.8. The molecule has 0 spiro atoms. The van der Waals surface area contributed by atoms with E-state index in [1.54, 1.807) is 0 Å². The van der Waals surface area contributed by atoms with Crippen LogP contribution in [0.5, 0.6) is 0 Å². The maximum Gasteiger partial charge on any atom is 0.337 e. The van der Waals surface area contributed by atoms with Gasteiger partial charge in [-0.05, 0) is 123 Å². The number of ether oxygens (including phenoxy) is 1. The highest BCUT2D eigenvalue weighted by Crippen LogP contribution is 2.63. The number of fused-ring (bicyclic) bond motifs is 5. The van der Waals surface area contributed by atoms with Crippen LogP contribution in [0, 0.1) is 23.2 Å². The molecule has 1 amide bonds. The zero-order valence-electron chi connectivity index (χ0n) is 24.6. The predicted molar refractivity (Wildman–Crippen MR) is 162 cm³/mol. The molecule has 6 heteroatoms. The number of rotatable bonds is 4. The highest BCUT2D eigenvalue weighted by Gasteiger charge is 2.57.